The highest BCUT2D eigenvalue weighted by atomic mass is 19.1. The molecule has 4 heteroatoms. The van der Waals surface area contributed by atoms with Gasteiger partial charge in [-0.1, -0.05) is 60.7 Å². The zero-order chi connectivity index (χ0) is 30.2. The smallest absolute Gasteiger partial charge is 0.219 e. The third-order valence-electron chi connectivity index (χ3n) is 7.54. The minimum absolute atomic E-state index is 0.295. The van der Waals surface area contributed by atoms with Crippen LogP contribution in [0, 0.1) is 30.9 Å². The Morgan fingerprint density at radius 1 is 0.846 bits per heavy atom. The second-order valence-electron chi connectivity index (χ2n) is 9.84. The third-order valence-corrected chi connectivity index (χ3v) is 7.54. The summed E-state index contributed by atoms with van der Waals surface area (Å²) in [6, 6.07) is 26.9. The predicted molar refractivity (Wildman–Crippen MR) is 155 cm³/mol. The quantitative estimate of drug-likeness (QED) is 0.172. The van der Waals surface area contributed by atoms with Crippen LogP contribution < -0.4 is 4.57 Å². The Morgan fingerprint density at radius 3 is 2.31 bits per heavy atom. The lowest BCUT2D eigenvalue weighted by Crippen LogP contribution is -2.31. The normalized spacial score (nSPS) is 13.4. The molecule has 0 spiro atoms. The monoisotopic (exact) mass is 511 g/mol. The number of furan rings is 1. The topological polar surface area (TPSA) is 40.8 Å². The zero-order valence-electron chi connectivity index (χ0n) is 25.3. The summed E-state index contributed by atoms with van der Waals surface area (Å²) in [5.74, 6) is -0.824. The second kappa shape index (κ2) is 8.51. The maximum absolute atomic E-state index is 15.2. The van der Waals surface area contributed by atoms with Gasteiger partial charge in [0, 0.05) is 32.1 Å². The minimum Gasteiger partial charge on any atom is -0.454 e. The maximum atomic E-state index is 15.2. The van der Waals surface area contributed by atoms with Crippen LogP contribution in [0.3, 0.4) is 0 Å². The molecule has 2 aromatic heterocycles. The number of nitrogens with zero attached hydrogens (tertiary/aromatic N) is 2. The fourth-order valence-electron chi connectivity index (χ4n) is 5.70. The van der Waals surface area contributed by atoms with E-state index in [0.717, 1.165) is 37.9 Å². The highest BCUT2D eigenvalue weighted by molar-refractivity contribution is 6.19. The van der Waals surface area contributed by atoms with Crippen molar-refractivity contribution in [1.29, 1.82) is 5.26 Å². The third kappa shape index (κ3) is 3.37. The summed E-state index contributed by atoms with van der Waals surface area (Å²) in [6.07, 6.45) is 1.30. The molecule has 2 heterocycles. The van der Waals surface area contributed by atoms with Crippen LogP contribution in [0.15, 0.2) is 95.5 Å². The van der Waals surface area contributed by atoms with Crippen molar-refractivity contribution in [2.45, 2.75) is 13.8 Å². The zero-order valence-corrected chi connectivity index (χ0v) is 21.3. The number of halogens is 1. The number of pyridine rings is 1. The summed E-state index contributed by atoms with van der Waals surface area (Å²) in [7, 11) is 1.68. The molecule has 0 fully saturated rings. The maximum Gasteiger partial charge on any atom is 0.219 e. The van der Waals surface area contributed by atoms with Crippen LogP contribution in [0.25, 0.3) is 65.9 Å². The van der Waals surface area contributed by atoms with Crippen LogP contribution in [0.5, 0.6) is 0 Å². The molecule has 0 aliphatic carbocycles. The molecule has 0 aliphatic heterocycles. The first-order valence-electron chi connectivity index (χ1n) is 14.6. The van der Waals surface area contributed by atoms with Crippen LogP contribution in [0.4, 0.5) is 4.39 Å². The van der Waals surface area contributed by atoms with Crippen LogP contribution in [0.2, 0.25) is 0 Å². The number of hydrogen-bond acceptors (Lipinski definition) is 2. The van der Waals surface area contributed by atoms with Gasteiger partial charge in [-0.2, -0.15) is 5.26 Å². The van der Waals surface area contributed by atoms with Crippen molar-refractivity contribution >= 4 is 43.5 Å². The molecule has 0 saturated heterocycles. The van der Waals surface area contributed by atoms with Gasteiger partial charge in [-0.15, -0.1) is 0 Å². The number of rotatable bonds is 2. The molecule has 7 rings (SSSR count). The molecule has 0 unspecified atom stereocenters. The van der Waals surface area contributed by atoms with E-state index >= 15 is 4.39 Å². The molecule has 3 nitrogen and oxygen atoms in total. The van der Waals surface area contributed by atoms with E-state index in [-0.39, 0.29) is 5.56 Å². The van der Waals surface area contributed by atoms with Gasteiger partial charge < -0.3 is 4.42 Å². The highest BCUT2D eigenvalue weighted by Gasteiger charge is 2.25. The molecule has 0 amide bonds. The van der Waals surface area contributed by atoms with Crippen molar-refractivity contribution in [2.75, 3.05) is 0 Å². The van der Waals surface area contributed by atoms with Crippen molar-refractivity contribution in [3.8, 4) is 28.5 Å². The Kier molecular flexibility index (Phi) is 4.17. The number of hydrogen-bond donors (Lipinski definition) is 0. The number of benzene rings is 5. The summed E-state index contributed by atoms with van der Waals surface area (Å²) >= 11 is 0. The summed E-state index contributed by atoms with van der Waals surface area (Å²) in [5.41, 5.74) is 3.96. The Labute approximate surface area is 230 Å². The van der Waals surface area contributed by atoms with Crippen molar-refractivity contribution in [3.63, 3.8) is 0 Å². The van der Waals surface area contributed by atoms with Crippen LogP contribution in [-0.4, -0.2) is 0 Å². The summed E-state index contributed by atoms with van der Waals surface area (Å²) in [6.45, 7) is -0.710. The molecule has 5 aromatic carbocycles. The van der Waals surface area contributed by atoms with Gasteiger partial charge in [0.2, 0.25) is 5.69 Å². The van der Waals surface area contributed by atoms with Gasteiger partial charge >= 0.3 is 0 Å². The van der Waals surface area contributed by atoms with Gasteiger partial charge in [0.1, 0.15) is 24.0 Å². The predicted octanol–water partition coefficient (Wildman–Crippen LogP) is 8.68. The SMILES string of the molecule is [2H]c1c(-c2c(C#N)ccc3c2oc2c(-c4cc(F)c(C([2H])([2H])[2H])c[n+]4C)c(C)ccc23)c2ccccc2c2ccccc12. The molecule has 7 aromatic rings. The Morgan fingerprint density at radius 2 is 1.54 bits per heavy atom. The largest absolute Gasteiger partial charge is 0.454 e. The fourth-order valence-corrected chi connectivity index (χ4v) is 5.70. The van der Waals surface area contributed by atoms with E-state index in [1.54, 1.807) is 17.7 Å². The number of nitriles is 1. The summed E-state index contributed by atoms with van der Waals surface area (Å²) < 4.78 is 56.0. The number of aromatic nitrogens is 1. The van der Waals surface area contributed by atoms with Crippen molar-refractivity contribution in [2.24, 2.45) is 7.05 Å². The van der Waals surface area contributed by atoms with Gasteiger partial charge in [-0.25, -0.2) is 8.96 Å². The summed E-state index contributed by atoms with van der Waals surface area (Å²) in [5, 5.41) is 15.3. The van der Waals surface area contributed by atoms with Gasteiger partial charge in [0.25, 0.3) is 0 Å². The van der Waals surface area contributed by atoms with E-state index < -0.39 is 12.7 Å². The molecular weight excluding hydrogens is 483 g/mol. The average Bonchev–Trinajstić information content (AvgIpc) is 3.36. The molecule has 0 N–H and O–H groups in total. The first-order chi connectivity index (χ1) is 20.6. The van der Waals surface area contributed by atoms with Gasteiger partial charge in [-0.3, -0.25) is 0 Å². The number of fused-ring (bicyclic) bond motifs is 6. The van der Waals surface area contributed by atoms with E-state index in [4.69, 9.17) is 8.53 Å². The Bertz CT molecular complexity index is 2350. The molecule has 0 saturated carbocycles. The summed E-state index contributed by atoms with van der Waals surface area (Å²) in [4.78, 5) is 0. The second-order valence-corrected chi connectivity index (χ2v) is 9.84. The van der Waals surface area contributed by atoms with Crippen molar-refractivity contribution < 1.29 is 18.9 Å². The molecule has 186 valence electrons. The first-order valence-corrected chi connectivity index (χ1v) is 12.6. The molecule has 0 atom stereocenters. The number of aryl methyl sites for hydroxylation is 3. The first kappa shape index (κ1) is 19.1. The lowest BCUT2D eigenvalue weighted by molar-refractivity contribution is -0.661. The molecule has 39 heavy (non-hydrogen) atoms. The average molecular weight is 512 g/mol. The fraction of sp³-hybridized carbons (Fsp3) is 0.0857. The van der Waals surface area contributed by atoms with Crippen molar-refractivity contribution in [1.82, 2.24) is 0 Å². The molecule has 0 radical (unpaired) electrons. The minimum atomic E-state index is -2.60. The van der Waals surface area contributed by atoms with Gasteiger partial charge in [-0.05, 0) is 64.6 Å². The molecule has 0 aliphatic rings. The van der Waals surface area contributed by atoms with Gasteiger partial charge in [0.15, 0.2) is 6.20 Å². The highest BCUT2D eigenvalue weighted by Crippen LogP contribution is 2.44. The standard InChI is InChI=1S/C35H24FN2O/c1-20-12-14-27-28-15-13-23(18-37)33(29-16-22-8-4-5-9-24(22)25-10-6-7-11-26(25)29)35(28)39-34(27)32(20)31-17-30(36)21(2)19-38(31)3/h4-17,19H,1-3H3/q+1/i2D3,16D. The van der Waals surface area contributed by atoms with E-state index in [2.05, 4.69) is 6.07 Å². The van der Waals surface area contributed by atoms with E-state index in [0.29, 0.717) is 45.2 Å². The van der Waals surface area contributed by atoms with E-state index in [1.807, 2.05) is 73.7 Å². The van der Waals surface area contributed by atoms with Gasteiger partial charge in [0.05, 0.1) is 18.6 Å². The lowest BCUT2D eigenvalue weighted by atomic mass is 9.90. The van der Waals surface area contributed by atoms with Crippen molar-refractivity contribution in [3.05, 3.63) is 114 Å². The molecule has 0 bridgehead atoms. The van der Waals surface area contributed by atoms with Crippen LogP contribution in [-0.2, 0) is 7.05 Å². The Hall–Kier alpha value is -5.01. The van der Waals surface area contributed by atoms with E-state index in [9.17, 15) is 6.63 Å². The van der Waals surface area contributed by atoms with Crippen LogP contribution in [0.1, 0.15) is 22.2 Å². The lowest BCUT2D eigenvalue weighted by Gasteiger charge is -2.12. The van der Waals surface area contributed by atoms with Crippen LogP contribution >= 0.6 is 0 Å². The molecular formula is C35H24FN2O+. The Balaban J connectivity index is 1.62. The van der Waals surface area contributed by atoms with E-state index in [1.165, 1.54) is 12.3 Å².